The first-order valence-corrected chi connectivity index (χ1v) is 4.67. The number of nitrogens with one attached hydrogen (secondary N) is 3. The Morgan fingerprint density at radius 1 is 1.53 bits per heavy atom. The molecule has 2 rings (SSSR count). The fourth-order valence-electron chi connectivity index (χ4n) is 1.43. The maximum atomic E-state index is 11.1. The Kier molecular flexibility index (Phi) is 2.72. The van der Waals surface area contributed by atoms with E-state index >= 15 is 0 Å². The molecular formula is C8H11N5O2. The van der Waals surface area contributed by atoms with E-state index in [4.69, 9.17) is 0 Å². The Hall–Kier alpha value is -1.76. The first-order chi connectivity index (χ1) is 7.25. The van der Waals surface area contributed by atoms with Gasteiger partial charge in [0.05, 0.1) is 12.5 Å². The zero-order valence-electron chi connectivity index (χ0n) is 7.99. The lowest BCUT2D eigenvalue weighted by Crippen LogP contribution is -2.37. The second-order valence-electron chi connectivity index (χ2n) is 3.31. The molecule has 2 heterocycles. The minimum Gasteiger partial charge on any atom is -0.305 e. The van der Waals surface area contributed by atoms with E-state index in [2.05, 4.69) is 25.8 Å². The highest BCUT2D eigenvalue weighted by Gasteiger charge is 2.29. The summed E-state index contributed by atoms with van der Waals surface area (Å²) in [6, 6.07) is -0.402. The van der Waals surface area contributed by atoms with Crippen molar-refractivity contribution < 1.29 is 9.59 Å². The molecule has 0 aliphatic carbocycles. The molecule has 0 aromatic carbocycles. The van der Waals surface area contributed by atoms with E-state index in [0.717, 1.165) is 5.82 Å². The lowest BCUT2D eigenvalue weighted by Gasteiger charge is -2.06. The fourth-order valence-corrected chi connectivity index (χ4v) is 1.43. The van der Waals surface area contributed by atoms with Gasteiger partial charge in [0.1, 0.15) is 12.2 Å². The highest BCUT2D eigenvalue weighted by atomic mass is 16.2. The lowest BCUT2D eigenvalue weighted by molar-refractivity contribution is -0.125. The SMILES string of the molecule is O=C1CC(NCCc2ncn[nH]2)C(=O)N1. The number of amides is 2. The standard InChI is InChI=1S/C8H11N5O2/c14-7-3-5(8(15)12-7)9-2-1-6-10-4-11-13-6/h4-5,9H,1-3H2,(H,10,11,13)(H,12,14,15). The van der Waals surface area contributed by atoms with Crippen LogP contribution in [0, 0.1) is 0 Å². The molecule has 0 bridgehead atoms. The number of rotatable bonds is 4. The Labute approximate surface area is 85.7 Å². The summed E-state index contributed by atoms with van der Waals surface area (Å²) < 4.78 is 0. The van der Waals surface area contributed by atoms with Gasteiger partial charge in [0, 0.05) is 13.0 Å². The fraction of sp³-hybridized carbons (Fsp3) is 0.500. The van der Waals surface area contributed by atoms with Crippen LogP contribution in [-0.4, -0.2) is 39.6 Å². The minimum atomic E-state index is -0.402. The first kappa shape index (κ1) is 9.78. The summed E-state index contributed by atoms with van der Waals surface area (Å²) in [5.74, 6) is 0.280. The zero-order chi connectivity index (χ0) is 10.7. The van der Waals surface area contributed by atoms with Crippen LogP contribution in [0.5, 0.6) is 0 Å². The van der Waals surface area contributed by atoms with E-state index in [9.17, 15) is 9.59 Å². The van der Waals surface area contributed by atoms with Crippen LogP contribution in [-0.2, 0) is 16.0 Å². The van der Waals surface area contributed by atoms with Crippen molar-refractivity contribution in [1.29, 1.82) is 0 Å². The molecule has 0 saturated carbocycles. The van der Waals surface area contributed by atoms with Gasteiger partial charge in [0.25, 0.3) is 0 Å². The monoisotopic (exact) mass is 209 g/mol. The van der Waals surface area contributed by atoms with E-state index in [1.807, 2.05) is 0 Å². The third-order valence-electron chi connectivity index (χ3n) is 2.19. The van der Waals surface area contributed by atoms with Crippen molar-refractivity contribution in [3.05, 3.63) is 12.2 Å². The number of H-pyrrole nitrogens is 1. The Bertz CT molecular complexity index is 361. The van der Waals surface area contributed by atoms with E-state index in [-0.39, 0.29) is 18.2 Å². The van der Waals surface area contributed by atoms with Gasteiger partial charge in [-0.25, -0.2) is 4.98 Å². The zero-order valence-corrected chi connectivity index (χ0v) is 7.99. The molecule has 1 aromatic rings. The van der Waals surface area contributed by atoms with Crippen LogP contribution >= 0.6 is 0 Å². The molecule has 1 atom stereocenters. The second kappa shape index (κ2) is 4.18. The number of carbonyl (C=O) groups is 2. The van der Waals surface area contributed by atoms with Crippen LogP contribution in [0.25, 0.3) is 0 Å². The van der Waals surface area contributed by atoms with E-state index in [0.29, 0.717) is 13.0 Å². The molecular weight excluding hydrogens is 198 g/mol. The van der Waals surface area contributed by atoms with Gasteiger partial charge < -0.3 is 5.32 Å². The number of aromatic amines is 1. The molecule has 1 unspecified atom stereocenters. The highest BCUT2D eigenvalue weighted by molar-refractivity contribution is 6.05. The van der Waals surface area contributed by atoms with Crippen molar-refractivity contribution in [2.45, 2.75) is 18.9 Å². The summed E-state index contributed by atoms with van der Waals surface area (Å²) in [4.78, 5) is 25.9. The number of imide groups is 1. The molecule has 1 aromatic heterocycles. The predicted octanol–water partition coefficient (Wildman–Crippen LogP) is -1.65. The van der Waals surface area contributed by atoms with Crippen molar-refractivity contribution in [3.63, 3.8) is 0 Å². The van der Waals surface area contributed by atoms with E-state index in [1.165, 1.54) is 6.33 Å². The van der Waals surface area contributed by atoms with Crippen molar-refractivity contribution >= 4 is 11.8 Å². The number of carbonyl (C=O) groups excluding carboxylic acids is 2. The van der Waals surface area contributed by atoms with Gasteiger partial charge in [-0.1, -0.05) is 0 Å². The van der Waals surface area contributed by atoms with Crippen LogP contribution in [0.2, 0.25) is 0 Å². The molecule has 0 spiro atoms. The number of hydrogen-bond donors (Lipinski definition) is 3. The van der Waals surface area contributed by atoms with Crippen molar-refractivity contribution in [1.82, 2.24) is 25.8 Å². The summed E-state index contributed by atoms with van der Waals surface area (Å²) in [5.41, 5.74) is 0. The number of hydrogen-bond acceptors (Lipinski definition) is 5. The van der Waals surface area contributed by atoms with Gasteiger partial charge in [-0.15, -0.1) is 0 Å². The quantitative estimate of drug-likeness (QED) is 0.516. The van der Waals surface area contributed by atoms with Crippen LogP contribution in [0.3, 0.4) is 0 Å². The Morgan fingerprint density at radius 3 is 3.00 bits per heavy atom. The molecule has 1 aliphatic rings. The maximum Gasteiger partial charge on any atom is 0.244 e. The molecule has 80 valence electrons. The number of aromatic nitrogens is 3. The van der Waals surface area contributed by atoms with Crippen LogP contribution in [0.4, 0.5) is 0 Å². The molecule has 3 N–H and O–H groups in total. The first-order valence-electron chi connectivity index (χ1n) is 4.67. The molecule has 7 heteroatoms. The third kappa shape index (κ3) is 2.38. The Morgan fingerprint density at radius 2 is 2.40 bits per heavy atom. The van der Waals surface area contributed by atoms with Crippen molar-refractivity contribution in [3.8, 4) is 0 Å². The van der Waals surface area contributed by atoms with Gasteiger partial charge in [-0.3, -0.25) is 20.0 Å². The van der Waals surface area contributed by atoms with Crippen LogP contribution in [0.15, 0.2) is 6.33 Å². The summed E-state index contributed by atoms with van der Waals surface area (Å²) >= 11 is 0. The van der Waals surface area contributed by atoms with Gasteiger partial charge >= 0.3 is 0 Å². The molecule has 1 aliphatic heterocycles. The van der Waals surface area contributed by atoms with Crippen molar-refractivity contribution in [2.24, 2.45) is 0 Å². The van der Waals surface area contributed by atoms with Gasteiger partial charge in [-0.2, -0.15) is 5.10 Å². The topological polar surface area (TPSA) is 99.8 Å². The van der Waals surface area contributed by atoms with Crippen LogP contribution < -0.4 is 10.6 Å². The molecule has 15 heavy (non-hydrogen) atoms. The van der Waals surface area contributed by atoms with E-state index < -0.39 is 6.04 Å². The molecule has 1 fully saturated rings. The summed E-state index contributed by atoms with van der Waals surface area (Å²) in [6.45, 7) is 0.584. The van der Waals surface area contributed by atoms with Gasteiger partial charge in [0.15, 0.2) is 0 Å². The molecule has 1 saturated heterocycles. The third-order valence-corrected chi connectivity index (χ3v) is 2.19. The molecule has 0 radical (unpaired) electrons. The predicted molar refractivity (Wildman–Crippen MR) is 49.6 cm³/mol. The minimum absolute atomic E-state index is 0.217. The molecule has 2 amide bonds. The highest BCUT2D eigenvalue weighted by Crippen LogP contribution is 2.00. The average molecular weight is 209 g/mol. The lowest BCUT2D eigenvalue weighted by atomic mass is 10.2. The maximum absolute atomic E-state index is 11.1. The largest absolute Gasteiger partial charge is 0.305 e. The Balaban J connectivity index is 1.74. The summed E-state index contributed by atoms with van der Waals surface area (Å²) in [5, 5.41) is 11.6. The van der Waals surface area contributed by atoms with Gasteiger partial charge in [0.2, 0.25) is 11.8 Å². The normalized spacial score (nSPS) is 20.7. The summed E-state index contributed by atoms with van der Waals surface area (Å²) in [6.07, 6.45) is 2.30. The van der Waals surface area contributed by atoms with Crippen LogP contribution in [0.1, 0.15) is 12.2 Å². The smallest absolute Gasteiger partial charge is 0.244 e. The van der Waals surface area contributed by atoms with Crippen molar-refractivity contribution in [2.75, 3.05) is 6.54 Å². The van der Waals surface area contributed by atoms with Gasteiger partial charge in [-0.05, 0) is 0 Å². The average Bonchev–Trinajstić information content (AvgIpc) is 2.77. The number of nitrogens with zero attached hydrogens (tertiary/aromatic N) is 2. The molecule has 7 nitrogen and oxygen atoms in total. The van der Waals surface area contributed by atoms with E-state index in [1.54, 1.807) is 0 Å². The summed E-state index contributed by atoms with van der Waals surface area (Å²) in [7, 11) is 0. The second-order valence-corrected chi connectivity index (χ2v) is 3.31.